The van der Waals surface area contributed by atoms with E-state index in [1.807, 2.05) is 0 Å². The first-order valence-electron chi connectivity index (χ1n) is 4.32. The summed E-state index contributed by atoms with van der Waals surface area (Å²) in [6, 6.07) is 0. The maximum absolute atomic E-state index is 5.35. The fourth-order valence-electron chi connectivity index (χ4n) is 0.996. The van der Waals surface area contributed by atoms with E-state index in [2.05, 4.69) is 0 Å². The van der Waals surface area contributed by atoms with Gasteiger partial charge in [-0.25, -0.2) is 0 Å². The number of hydrogen-bond acceptors (Lipinski definition) is 2. The Morgan fingerprint density at radius 2 is 0.769 bits per heavy atom. The molecule has 0 aromatic carbocycles. The van der Waals surface area contributed by atoms with Gasteiger partial charge >= 0.3 is 0 Å². The summed E-state index contributed by atoms with van der Waals surface area (Å²) in [6.07, 6.45) is 7.61. The molecule has 4 N–H and O–H groups in total. The molecule has 79 valence electrons. The van der Waals surface area contributed by atoms with E-state index in [-0.39, 0.29) is 77.5 Å². The van der Waals surface area contributed by atoms with Gasteiger partial charge in [0, 0.05) is 29.6 Å². The second-order valence-electron chi connectivity index (χ2n) is 2.70. The second kappa shape index (κ2) is 23.9. The van der Waals surface area contributed by atoms with Crippen molar-refractivity contribution in [2.75, 3.05) is 13.1 Å². The van der Waals surface area contributed by atoms with E-state index in [1.54, 1.807) is 0 Å². The monoisotopic (exact) mass is 423 g/mol. The minimum Gasteiger partial charge on any atom is -0.330 e. The Bertz CT molecular complexity index is 60.1. The number of rotatable bonds is 7. The van der Waals surface area contributed by atoms with Crippen molar-refractivity contribution in [2.24, 2.45) is 11.5 Å². The van der Waals surface area contributed by atoms with Crippen molar-refractivity contribution in [3.8, 4) is 0 Å². The van der Waals surface area contributed by atoms with E-state index < -0.39 is 0 Å². The van der Waals surface area contributed by atoms with Gasteiger partial charge in [-0.2, -0.15) is 0 Å². The first-order valence-corrected chi connectivity index (χ1v) is 4.32. The standard InChI is InChI=1S/C8H20N2.2HI.Na/c9-7-5-3-1-2-4-6-8-10;;;/h1-10H2;2*1H;. The molecule has 13 heavy (non-hydrogen) atoms. The average molecular weight is 423 g/mol. The predicted molar refractivity (Wildman–Crippen MR) is 82.4 cm³/mol. The number of unbranched alkanes of at least 4 members (excludes halogenated alkanes) is 5. The molecule has 0 bridgehead atoms. The Balaban J connectivity index is -0.000000135. The Morgan fingerprint density at radius 3 is 1.00 bits per heavy atom. The fourth-order valence-corrected chi connectivity index (χ4v) is 0.996. The van der Waals surface area contributed by atoms with Crippen molar-refractivity contribution >= 4 is 77.5 Å². The van der Waals surface area contributed by atoms with Gasteiger partial charge in [-0.15, -0.1) is 48.0 Å². The van der Waals surface area contributed by atoms with Crippen molar-refractivity contribution in [1.82, 2.24) is 0 Å². The van der Waals surface area contributed by atoms with Crippen LogP contribution in [0.4, 0.5) is 0 Å². The third-order valence-corrected chi connectivity index (χ3v) is 1.66. The van der Waals surface area contributed by atoms with Gasteiger partial charge in [0.15, 0.2) is 0 Å². The average Bonchev–Trinajstić information content (AvgIpc) is 1.97. The molecule has 0 heterocycles. The molecule has 2 nitrogen and oxygen atoms in total. The van der Waals surface area contributed by atoms with Crippen LogP contribution in [0, 0.1) is 0 Å². The summed E-state index contributed by atoms with van der Waals surface area (Å²) in [7, 11) is 0. The van der Waals surface area contributed by atoms with E-state index in [4.69, 9.17) is 11.5 Å². The van der Waals surface area contributed by atoms with Gasteiger partial charge in [0.25, 0.3) is 0 Å². The Hall–Kier alpha value is 2.38. The number of halogens is 2. The maximum Gasteiger partial charge on any atom is 0 e. The van der Waals surface area contributed by atoms with Crippen molar-refractivity contribution in [3.05, 3.63) is 0 Å². The summed E-state index contributed by atoms with van der Waals surface area (Å²) >= 11 is 0. The Morgan fingerprint density at radius 1 is 0.538 bits per heavy atom. The minimum atomic E-state index is 0. The van der Waals surface area contributed by atoms with Crippen LogP contribution >= 0.6 is 48.0 Å². The van der Waals surface area contributed by atoms with Crippen LogP contribution in [0.15, 0.2) is 0 Å². The predicted octanol–water partition coefficient (Wildman–Crippen LogP) is 2.10. The van der Waals surface area contributed by atoms with E-state index in [0.717, 1.165) is 13.1 Å². The van der Waals surface area contributed by atoms with E-state index >= 15 is 0 Å². The van der Waals surface area contributed by atoms with Crippen LogP contribution in [-0.2, 0) is 0 Å². The number of hydrogen-bond donors (Lipinski definition) is 2. The minimum absolute atomic E-state index is 0. The molecule has 0 spiro atoms. The normalized spacial score (nSPS) is 7.85. The van der Waals surface area contributed by atoms with Gasteiger partial charge in [-0.05, 0) is 25.9 Å². The molecular formula is C8H22I2N2Na. The zero-order valence-corrected chi connectivity index (χ0v) is 15.3. The molecule has 0 aromatic rings. The molecule has 0 unspecified atom stereocenters. The third kappa shape index (κ3) is 25.0. The third-order valence-electron chi connectivity index (χ3n) is 1.66. The van der Waals surface area contributed by atoms with Crippen molar-refractivity contribution in [2.45, 2.75) is 38.5 Å². The molecule has 0 amide bonds. The van der Waals surface area contributed by atoms with Crippen molar-refractivity contribution in [3.63, 3.8) is 0 Å². The van der Waals surface area contributed by atoms with Crippen LogP contribution in [0.25, 0.3) is 0 Å². The smallest absolute Gasteiger partial charge is 0 e. The molecule has 0 fully saturated rings. The summed E-state index contributed by atoms with van der Waals surface area (Å²) in [5, 5.41) is 0. The van der Waals surface area contributed by atoms with E-state index in [9.17, 15) is 0 Å². The number of nitrogens with two attached hydrogens (primary N) is 2. The van der Waals surface area contributed by atoms with Crippen LogP contribution in [0.2, 0.25) is 0 Å². The van der Waals surface area contributed by atoms with Gasteiger partial charge in [0.05, 0.1) is 0 Å². The van der Waals surface area contributed by atoms with Gasteiger partial charge in [-0.3, -0.25) is 0 Å². The molecule has 0 saturated heterocycles. The topological polar surface area (TPSA) is 52.0 Å². The van der Waals surface area contributed by atoms with E-state index in [0.29, 0.717) is 0 Å². The second-order valence-corrected chi connectivity index (χ2v) is 2.70. The summed E-state index contributed by atoms with van der Waals surface area (Å²) in [5.74, 6) is 0. The molecule has 5 heteroatoms. The largest absolute Gasteiger partial charge is 0.330 e. The molecule has 0 aliphatic rings. The summed E-state index contributed by atoms with van der Waals surface area (Å²) in [5.41, 5.74) is 10.7. The van der Waals surface area contributed by atoms with Gasteiger partial charge in [-0.1, -0.05) is 25.7 Å². The molecule has 0 rings (SSSR count). The first-order chi connectivity index (χ1) is 4.91. The van der Waals surface area contributed by atoms with Crippen LogP contribution in [-0.4, -0.2) is 42.6 Å². The molecule has 0 aromatic heterocycles. The quantitative estimate of drug-likeness (QED) is 0.375. The van der Waals surface area contributed by atoms with Crippen LogP contribution in [0.1, 0.15) is 38.5 Å². The van der Waals surface area contributed by atoms with Crippen molar-refractivity contribution < 1.29 is 0 Å². The van der Waals surface area contributed by atoms with E-state index in [1.165, 1.54) is 38.5 Å². The molecule has 0 saturated carbocycles. The molecule has 1 radical (unpaired) electrons. The van der Waals surface area contributed by atoms with Crippen LogP contribution in [0.3, 0.4) is 0 Å². The van der Waals surface area contributed by atoms with Gasteiger partial charge in [0.1, 0.15) is 0 Å². The summed E-state index contributed by atoms with van der Waals surface area (Å²) in [6.45, 7) is 1.69. The Labute approximate surface area is 139 Å². The van der Waals surface area contributed by atoms with Crippen molar-refractivity contribution in [1.29, 1.82) is 0 Å². The first kappa shape index (κ1) is 24.6. The van der Waals surface area contributed by atoms with Crippen LogP contribution in [0.5, 0.6) is 0 Å². The molecular weight excluding hydrogens is 401 g/mol. The molecule has 0 atom stereocenters. The molecule has 0 aliphatic carbocycles. The fraction of sp³-hybridized carbons (Fsp3) is 1.00. The maximum atomic E-state index is 5.35. The van der Waals surface area contributed by atoms with Crippen LogP contribution < -0.4 is 11.5 Å². The summed E-state index contributed by atoms with van der Waals surface area (Å²) in [4.78, 5) is 0. The summed E-state index contributed by atoms with van der Waals surface area (Å²) < 4.78 is 0. The Kier molecular flexibility index (Phi) is 45.1. The molecule has 0 aliphatic heterocycles. The van der Waals surface area contributed by atoms with Gasteiger partial charge < -0.3 is 11.5 Å². The SMILES string of the molecule is I.I.NCCCCCCCCN.[Na]. The zero-order chi connectivity index (χ0) is 7.66. The zero-order valence-electron chi connectivity index (χ0n) is 8.63. The van der Waals surface area contributed by atoms with Gasteiger partial charge in [0.2, 0.25) is 0 Å².